The highest BCUT2D eigenvalue weighted by molar-refractivity contribution is 6.12. The predicted molar refractivity (Wildman–Crippen MR) is 197 cm³/mol. The highest BCUT2D eigenvalue weighted by Crippen LogP contribution is 2.54. The van der Waals surface area contributed by atoms with E-state index in [2.05, 4.69) is 69.1 Å². The number of anilines is 3. The number of imidazole rings is 1. The zero-order valence-electron chi connectivity index (χ0n) is 26.6. The quantitative estimate of drug-likeness (QED) is 0.206. The van der Waals surface area contributed by atoms with Crippen LogP contribution in [0.15, 0.2) is 158 Å². The summed E-state index contributed by atoms with van der Waals surface area (Å²) in [6.45, 7) is 0. The van der Waals surface area contributed by atoms with Crippen molar-refractivity contribution >= 4 is 50.0 Å². The lowest BCUT2D eigenvalue weighted by molar-refractivity contribution is 0.0424. The van der Waals surface area contributed by atoms with Crippen molar-refractivity contribution in [3.63, 3.8) is 0 Å². The van der Waals surface area contributed by atoms with Gasteiger partial charge in [-0.25, -0.2) is 9.97 Å². The second-order valence-electron chi connectivity index (χ2n) is 12.5. The van der Waals surface area contributed by atoms with Gasteiger partial charge in [-0.2, -0.15) is 8.78 Å². The summed E-state index contributed by atoms with van der Waals surface area (Å²) in [5.41, 5.74) is 7.96. The molecule has 1 aliphatic rings. The predicted octanol–water partition coefficient (Wildman–Crippen LogP) is 11.3. The standard InChI is InChI=1S/C43H27F2N5/c44-43(45)33-18-5-7-20-36(33)50(39-22-8-9-25-46-39)38-26-27(23-24-34(38)43)29-15-11-21-37-41(29)48-42(49(37)28-12-2-1-3-13-28)32-17-10-16-31-30-14-4-6-19-35(30)47-40(31)32/h1-26,47H. The number of rotatable bonds is 4. The van der Waals surface area contributed by atoms with Gasteiger partial charge in [0.25, 0.3) is 0 Å². The first-order valence-electron chi connectivity index (χ1n) is 16.5. The first kappa shape index (κ1) is 28.4. The Morgan fingerprint density at radius 3 is 2.22 bits per heavy atom. The average Bonchev–Trinajstić information content (AvgIpc) is 3.75. The van der Waals surface area contributed by atoms with E-state index in [4.69, 9.17) is 4.98 Å². The van der Waals surface area contributed by atoms with Crippen molar-refractivity contribution in [2.45, 2.75) is 5.92 Å². The molecule has 0 bridgehead atoms. The Morgan fingerprint density at radius 1 is 0.600 bits per heavy atom. The maximum Gasteiger partial charge on any atom is 0.302 e. The Bertz CT molecular complexity index is 2750. The molecular formula is C43H27F2N5. The molecule has 0 unspecified atom stereocenters. The van der Waals surface area contributed by atoms with Gasteiger partial charge in [-0.1, -0.05) is 91.0 Å². The number of aromatic amines is 1. The van der Waals surface area contributed by atoms with Gasteiger partial charge in [0.15, 0.2) is 0 Å². The number of nitrogens with zero attached hydrogens (tertiary/aromatic N) is 4. The number of halogens is 2. The number of H-pyrrole nitrogens is 1. The topological polar surface area (TPSA) is 49.7 Å². The summed E-state index contributed by atoms with van der Waals surface area (Å²) in [5.74, 6) is -1.85. The van der Waals surface area contributed by atoms with Crippen LogP contribution in [0.25, 0.3) is 61.0 Å². The molecule has 10 rings (SSSR count). The third kappa shape index (κ3) is 4.10. The third-order valence-electron chi connectivity index (χ3n) is 9.73. The Hall–Kier alpha value is -6.60. The molecule has 9 aromatic rings. The molecule has 50 heavy (non-hydrogen) atoms. The first-order chi connectivity index (χ1) is 24.6. The second-order valence-corrected chi connectivity index (χ2v) is 12.5. The van der Waals surface area contributed by atoms with Gasteiger partial charge in [-0.15, -0.1) is 0 Å². The number of hydrogen-bond donors (Lipinski definition) is 1. The van der Waals surface area contributed by atoms with Crippen LogP contribution >= 0.6 is 0 Å². The molecule has 1 aliphatic heterocycles. The van der Waals surface area contributed by atoms with E-state index in [9.17, 15) is 0 Å². The maximum absolute atomic E-state index is 16.2. The number of para-hydroxylation sites is 5. The smallest absolute Gasteiger partial charge is 0.302 e. The fraction of sp³-hybridized carbons (Fsp3) is 0.0233. The molecule has 0 amide bonds. The third-order valence-corrected chi connectivity index (χ3v) is 9.73. The zero-order valence-corrected chi connectivity index (χ0v) is 26.6. The molecule has 238 valence electrons. The molecule has 0 aliphatic carbocycles. The molecule has 0 atom stereocenters. The van der Waals surface area contributed by atoms with Crippen LogP contribution in [0, 0.1) is 0 Å². The van der Waals surface area contributed by atoms with Crippen molar-refractivity contribution in [1.82, 2.24) is 19.5 Å². The van der Waals surface area contributed by atoms with Gasteiger partial charge in [0.2, 0.25) is 0 Å². The molecule has 0 saturated carbocycles. The minimum Gasteiger partial charge on any atom is -0.354 e. The van der Waals surface area contributed by atoms with E-state index in [0.717, 1.165) is 61.0 Å². The van der Waals surface area contributed by atoms with Crippen LogP contribution < -0.4 is 4.90 Å². The lowest BCUT2D eigenvalue weighted by atomic mass is 9.89. The molecule has 3 aromatic heterocycles. The fourth-order valence-electron chi connectivity index (χ4n) is 7.50. The summed E-state index contributed by atoms with van der Waals surface area (Å²) < 4.78 is 34.7. The summed E-state index contributed by atoms with van der Waals surface area (Å²) in [5, 5.41) is 2.27. The van der Waals surface area contributed by atoms with Crippen molar-refractivity contribution in [3.8, 4) is 28.2 Å². The largest absolute Gasteiger partial charge is 0.354 e. The molecule has 4 heterocycles. The summed E-state index contributed by atoms with van der Waals surface area (Å²) in [7, 11) is 0. The van der Waals surface area contributed by atoms with Crippen LogP contribution in [0.5, 0.6) is 0 Å². The minimum atomic E-state index is -3.19. The van der Waals surface area contributed by atoms with Crippen LogP contribution in [0.3, 0.4) is 0 Å². The number of benzene rings is 6. The molecule has 0 saturated heterocycles. The van der Waals surface area contributed by atoms with E-state index in [-0.39, 0.29) is 11.1 Å². The van der Waals surface area contributed by atoms with Gasteiger partial charge >= 0.3 is 5.92 Å². The molecule has 0 spiro atoms. The van der Waals surface area contributed by atoms with Gasteiger partial charge < -0.3 is 4.98 Å². The lowest BCUT2D eigenvalue weighted by Crippen LogP contribution is -2.29. The fourth-order valence-corrected chi connectivity index (χ4v) is 7.50. The number of pyridine rings is 1. The van der Waals surface area contributed by atoms with Crippen LogP contribution in [0.4, 0.5) is 26.0 Å². The van der Waals surface area contributed by atoms with Crippen molar-refractivity contribution in [2.24, 2.45) is 0 Å². The summed E-state index contributed by atoms with van der Waals surface area (Å²) >= 11 is 0. The van der Waals surface area contributed by atoms with E-state index in [1.54, 1.807) is 36.5 Å². The van der Waals surface area contributed by atoms with E-state index in [0.29, 0.717) is 17.2 Å². The van der Waals surface area contributed by atoms with E-state index >= 15 is 8.78 Å². The first-order valence-corrected chi connectivity index (χ1v) is 16.5. The maximum atomic E-state index is 16.2. The monoisotopic (exact) mass is 651 g/mol. The number of aromatic nitrogens is 4. The lowest BCUT2D eigenvalue weighted by Gasteiger charge is -2.37. The molecule has 5 nitrogen and oxygen atoms in total. The number of hydrogen-bond acceptors (Lipinski definition) is 3. The van der Waals surface area contributed by atoms with Crippen LogP contribution in [-0.4, -0.2) is 19.5 Å². The normalized spacial score (nSPS) is 13.5. The van der Waals surface area contributed by atoms with Crippen LogP contribution in [0.1, 0.15) is 11.1 Å². The number of fused-ring (bicyclic) bond motifs is 6. The highest BCUT2D eigenvalue weighted by atomic mass is 19.3. The Labute approximate surface area is 285 Å². The SMILES string of the molecule is FC1(F)c2ccccc2N(c2ccccn2)c2cc(-c3cccc4c3nc(-c3cccc5c3[nH]c3ccccc35)n4-c3ccccc3)ccc21. The van der Waals surface area contributed by atoms with E-state index in [1.807, 2.05) is 65.6 Å². The van der Waals surface area contributed by atoms with Crippen molar-refractivity contribution in [3.05, 3.63) is 169 Å². The van der Waals surface area contributed by atoms with Gasteiger partial charge in [-0.3, -0.25) is 9.47 Å². The summed E-state index contributed by atoms with van der Waals surface area (Å²) in [6, 6.07) is 48.3. The van der Waals surface area contributed by atoms with Crippen molar-refractivity contribution in [2.75, 3.05) is 4.90 Å². The summed E-state index contributed by atoms with van der Waals surface area (Å²) in [6.07, 6.45) is 1.68. The summed E-state index contributed by atoms with van der Waals surface area (Å²) in [4.78, 5) is 15.4. The van der Waals surface area contributed by atoms with E-state index in [1.165, 1.54) is 6.07 Å². The Balaban J connectivity index is 1.23. The van der Waals surface area contributed by atoms with Crippen molar-refractivity contribution in [1.29, 1.82) is 0 Å². The van der Waals surface area contributed by atoms with Gasteiger partial charge in [0.05, 0.1) is 27.9 Å². The van der Waals surface area contributed by atoms with Crippen molar-refractivity contribution < 1.29 is 8.78 Å². The second kappa shape index (κ2) is 10.7. The Kier molecular flexibility index (Phi) is 6.08. The molecular weight excluding hydrogens is 625 g/mol. The molecule has 0 fully saturated rings. The van der Waals surface area contributed by atoms with Gasteiger partial charge in [0.1, 0.15) is 11.6 Å². The van der Waals surface area contributed by atoms with Gasteiger partial charge in [-0.05, 0) is 66.2 Å². The zero-order chi connectivity index (χ0) is 33.4. The highest BCUT2D eigenvalue weighted by Gasteiger charge is 2.45. The van der Waals surface area contributed by atoms with Gasteiger partial charge in [0, 0.05) is 50.4 Å². The number of alkyl halides is 2. The molecule has 7 heteroatoms. The number of nitrogens with one attached hydrogen (secondary N) is 1. The Morgan fingerprint density at radius 2 is 1.34 bits per heavy atom. The minimum absolute atomic E-state index is 0.0506. The average molecular weight is 652 g/mol. The van der Waals surface area contributed by atoms with Crippen LogP contribution in [0.2, 0.25) is 0 Å². The molecule has 1 N–H and O–H groups in total. The van der Waals surface area contributed by atoms with Crippen LogP contribution in [-0.2, 0) is 5.92 Å². The molecule has 0 radical (unpaired) electrons. The molecule has 6 aromatic carbocycles. The van der Waals surface area contributed by atoms with E-state index < -0.39 is 5.92 Å².